The zero-order chi connectivity index (χ0) is 19.3. The number of hydrogen-bond acceptors (Lipinski definition) is 4. The molecule has 0 bridgehead atoms. The Hall–Kier alpha value is -2.86. The summed E-state index contributed by atoms with van der Waals surface area (Å²) in [6, 6.07) is 17.6. The number of nitrogens with zero attached hydrogens (tertiary/aromatic N) is 1. The van der Waals surface area contributed by atoms with Gasteiger partial charge in [-0.3, -0.25) is 4.79 Å². The number of thioether (sulfide) groups is 1. The first-order valence-corrected chi connectivity index (χ1v) is 10.0. The average Bonchev–Trinajstić information content (AvgIpc) is 2.74. The van der Waals surface area contributed by atoms with Crippen molar-refractivity contribution in [3.05, 3.63) is 89.4 Å². The molecule has 0 spiro atoms. The standard InChI is InChI=1S/C22H19FN2O2S/c23-16-9-7-15(8-10-16)14-28-22-18(5-3-12-24-22)21(26)25-19-11-13-27-20-6-2-1-4-17(19)20/h1-10,12,19H,11,13-14H2,(H,25,26). The second kappa shape index (κ2) is 8.44. The minimum atomic E-state index is -0.261. The van der Waals surface area contributed by atoms with Crippen LogP contribution in [-0.4, -0.2) is 17.5 Å². The number of halogens is 1. The van der Waals surface area contributed by atoms with Crippen LogP contribution in [0.4, 0.5) is 4.39 Å². The first-order valence-electron chi connectivity index (χ1n) is 9.05. The van der Waals surface area contributed by atoms with Gasteiger partial charge >= 0.3 is 0 Å². The van der Waals surface area contributed by atoms with E-state index in [1.165, 1.54) is 23.9 Å². The molecular weight excluding hydrogens is 375 g/mol. The zero-order valence-corrected chi connectivity index (χ0v) is 15.9. The van der Waals surface area contributed by atoms with Crippen LogP contribution in [0.1, 0.15) is 33.9 Å². The number of rotatable bonds is 5. The third-order valence-corrected chi connectivity index (χ3v) is 5.64. The molecule has 1 unspecified atom stereocenters. The van der Waals surface area contributed by atoms with E-state index >= 15 is 0 Å². The van der Waals surface area contributed by atoms with Crippen molar-refractivity contribution in [2.45, 2.75) is 23.2 Å². The van der Waals surface area contributed by atoms with Crippen molar-refractivity contribution in [3.8, 4) is 5.75 Å². The number of nitrogens with one attached hydrogen (secondary N) is 1. The lowest BCUT2D eigenvalue weighted by Crippen LogP contribution is -2.32. The Morgan fingerprint density at radius 2 is 1.96 bits per heavy atom. The quantitative estimate of drug-likeness (QED) is 0.634. The number of pyridine rings is 1. The summed E-state index contributed by atoms with van der Waals surface area (Å²) in [4.78, 5) is 17.3. The summed E-state index contributed by atoms with van der Waals surface area (Å²) in [5.41, 5.74) is 2.51. The number of para-hydroxylation sites is 1. The minimum Gasteiger partial charge on any atom is -0.493 e. The number of carbonyl (C=O) groups is 1. The molecule has 2 heterocycles. The number of aromatic nitrogens is 1. The topological polar surface area (TPSA) is 51.2 Å². The zero-order valence-electron chi connectivity index (χ0n) is 15.1. The number of hydrogen-bond donors (Lipinski definition) is 1. The fourth-order valence-electron chi connectivity index (χ4n) is 3.14. The Morgan fingerprint density at radius 3 is 2.82 bits per heavy atom. The molecule has 28 heavy (non-hydrogen) atoms. The van der Waals surface area contributed by atoms with Crippen molar-refractivity contribution in [1.82, 2.24) is 10.3 Å². The summed E-state index contributed by atoms with van der Waals surface area (Å²) in [5, 5.41) is 3.77. The number of amides is 1. The largest absolute Gasteiger partial charge is 0.493 e. The molecule has 4 nitrogen and oxygen atoms in total. The monoisotopic (exact) mass is 394 g/mol. The molecule has 2 aromatic carbocycles. The molecule has 1 aliphatic heterocycles. The highest BCUT2D eigenvalue weighted by molar-refractivity contribution is 7.98. The fourth-order valence-corrected chi connectivity index (χ4v) is 4.09. The third kappa shape index (κ3) is 4.17. The molecule has 3 aromatic rings. The van der Waals surface area contributed by atoms with E-state index < -0.39 is 0 Å². The Labute approximate surface area is 167 Å². The van der Waals surface area contributed by atoms with Crippen molar-refractivity contribution in [2.75, 3.05) is 6.61 Å². The fraction of sp³-hybridized carbons (Fsp3) is 0.182. The second-order valence-corrected chi connectivity index (χ2v) is 7.44. The van der Waals surface area contributed by atoms with Gasteiger partial charge in [0.15, 0.2) is 0 Å². The van der Waals surface area contributed by atoms with E-state index in [0.717, 1.165) is 23.3 Å². The van der Waals surface area contributed by atoms with Crippen LogP contribution in [0.2, 0.25) is 0 Å². The molecule has 1 N–H and O–H groups in total. The van der Waals surface area contributed by atoms with Crippen LogP contribution < -0.4 is 10.1 Å². The summed E-state index contributed by atoms with van der Waals surface area (Å²) in [7, 11) is 0. The van der Waals surface area contributed by atoms with Crippen LogP contribution in [0.3, 0.4) is 0 Å². The highest BCUT2D eigenvalue weighted by atomic mass is 32.2. The van der Waals surface area contributed by atoms with Crippen molar-refractivity contribution in [3.63, 3.8) is 0 Å². The third-order valence-electron chi connectivity index (χ3n) is 4.57. The summed E-state index contributed by atoms with van der Waals surface area (Å²) < 4.78 is 18.7. The molecule has 0 fully saturated rings. The summed E-state index contributed by atoms with van der Waals surface area (Å²) in [5.74, 6) is 1.01. The molecule has 1 aromatic heterocycles. The van der Waals surface area contributed by atoms with E-state index in [9.17, 15) is 9.18 Å². The van der Waals surface area contributed by atoms with Gasteiger partial charge in [-0.2, -0.15) is 0 Å². The number of benzene rings is 2. The lowest BCUT2D eigenvalue weighted by Gasteiger charge is -2.26. The van der Waals surface area contributed by atoms with Crippen LogP contribution >= 0.6 is 11.8 Å². The Bertz CT molecular complexity index is 978. The van der Waals surface area contributed by atoms with Crippen molar-refractivity contribution in [1.29, 1.82) is 0 Å². The van der Waals surface area contributed by atoms with E-state index in [1.54, 1.807) is 30.5 Å². The highest BCUT2D eigenvalue weighted by Crippen LogP contribution is 2.32. The maximum Gasteiger partial charge on any atom is 0.254 e. The predicted molar refractivity (Wildman–Crippen MR) is 107 cm³/mol. The van der Waals surface area contributed by atoms with Crippen molar-refractivity contribution < 1.29 is 13.9 Å². The first-order chi connectivity index (χ1) is 13.7. The number of fused-ring (bicyclic) bond motifs is 1. The van der Waals surface area contributed by atoms with Gasteiger partial charge in [0.25, 0.3) is 5.91 Å². The predicted octanol–water partition coefficient (Wildman–Crippen LogP) is 4.77. The van der Waals surface area contributed by atoms with Gasteiger partial charge in [-0.1, -0.05) is 30.3 Å². The maximum absolute atomic E-state index is 13.1. The van der Waals surface area contributed by atoms with Crippen molar-refractivity contribution >= 4 is 17.7 Å². The molecule has 4 rings (SSSR count). The molecular formula is C22H19FN2O2S. The van der Waals surface area contributed by atoms with Gasteiger partial charge in [-0.05, 0) is 35.9 Å². The smallest absolute Gasteiger partial charge is 0.254 e. The summed E-state index contributed by atoms with van der Waals surface area (Å²) >= 11 is 1.46. The normalized spacial score (nSPS) is 15.4. The Kier molecular flexibility index (Phi) is 5.58. The molecule has 6 heteroatoms. The maximum atomic E-state index is 13.1. The summed E-state index contributed by atoms with van der Waals surface area (Å²) in [6.45, 7) is 0.571. The lowest BCUT2D eigenvalue weighted by atomic mass is 10.0. The molecule has 0 radical (unpaired) electrons. The van der Waals surface area contributed by atoms with Crippen LogP contribution in [0.15, 0.2) is 71.9 Å². The molecule has 0 saturated heterocycles. The summed E-state index contributed by atoms with van der Waals surface area (Å²) in [6.07, 6.45) is 2.40. The van der Waals surface area contributed by atoms with Gasteiger partial charge in [0, 0.05) is 23.9 Å². The van der Waals surface area contributed by atoms with Crippen LogP contribution in [0.25, 0.3) is 0 Å². The van der Waals surface area contributed by atoms with E-state index in [4.69, 9.17) is 4.74 Å². The van der Waals surface area contributed by atoms with E-state index in [2.05, 4.69) is 10.3 Å². The Balaban J connectivity index is 1.49. The molecule has 1 amide bonds. The number of carbonyl (C=O) groups excluding carboxylic acids is 1. The van der Waals surface area contributed by atoms with Crippen LogP contribution in [0, 0.1) is 5.82 Å². The molecule has 1 atom stereocenters. The molecule has 0 aliphatic carbocycles. The SMILES string of the molecule is O=C(NC1CCOc2ccccc21)c1cccnc1SCc1ccc(F)cc1. The molecule has 1 aliphatic rings. The lowest BCUT2D eigenvalue weighted by molar-refractivity contribution is 0.0921. The van der Waals surface area contributed by atoms with Gasteiger partial charge in [0.1, 0.15) is 16.6 Å². The van der Waals surface area contributed by atoms with Crippen molar-refractivity contribution in [2.24, 2.45) is 0 Å². The molecule has 142 valence electrons. The Morgan fingerprint density at radius 1 is 1.14 bits per heavy atom. The van der Waals surface area contributed by atoms with Gasteiger partial charge < -0.3 is 10.1 Å². The number of ether oxygens (including phenoxy) is 1. The minimum absolute atomic E-state index is 0.0902. The second-order valence-electron chi connectivity index (χ2n) is 6.47. The molecule has 0 saturated carbocycles. The van der Waals surface area contributed by atoms with Gasteiger partial charge in [-0.25, -0.2) is 9.37 Å². The van der Waals surface area contributed by atoms with Gasteiger partial charge in [0.2, 0.25) is 0 Å². The van der Waals surface area contributed by atoms with E-state index in [0.29, 0.717) is 22.9 Å². The van der Waals surface area contributed by atoms with Crippen LogP contribution in [0.5, 0.6) is 5.75 Å². The highest BCUT2D eigenvalue weighted by Gasteiger charge is 2.24. The van der Waals surface area contributed by atoms with Gasteiger partial charge in [-0.15, -0.1) is 11.8 Å². The first kappa shape index (κ1) is 18.5. The van der Waals surface area contributed by atoms with Crippen LogP contribution in [-0.2, 0) is 5.75 Å². The van der Waals surface area contributed by atoms with E-state index in [-0.39, 0.29) is 17.8 Å². The van der Waals surface area contributed by atoms with Gasteiger partial charge in [0.05, 0.1) is 18.2 Å². The van der Waals surface area contributed by atoms with E-state index in [1.807, 2.05) is 24.3 Å². The average molecular weight is 394 g/mol.